The minimum Gasteiger partial charge on any atom is -0.444 e. The molecule has 266 valence electrons. The van der Waals surface area contributed by atoms with E-state index in [1.165, 1.54) is 6.33 Å². The monoisotopic (exact) mass is 695 g/mol. The molecule has 0 aromatic carbocycles. The van der Waals surface area contributed by atoms with Crippen molar-refractivity contribution in [1.82, 2.24) is 19.1 Å². The lowest BCUT2D eigenvalue weighted by atomic mass is 10.2. The molecule has 1 fully saturated rings. The fourth-order valence-electron chi connectivity index (χ4n) is 4.34. The summed E-state index contributed by atoms with van der Waals surface area (Å²) in [5, 5.41) is 2.44. The highest BCUT2D eigenvalue weighted by molar-refractivity contribution is 6.74. The van der Waals surface area contributed by atoms with Crippen molar-refractivity contribution in [3.05, 3.63) is 16.7 Å². The summed E-state index contributed by atoms with van der Waals surface area (Å²) < 4.78 is 33.3. The lowest BCUT2D eigenvalue weighted by Crippen LogP contribution is -2.48. The van der Waals surface area contributed by atoms with Gasteiger partial charge in [0.2, 0.25) is 5.95 Å². The van der Waals surface area contributed by atoms with Gasteiger partial charge in [0, 0.05) is 6.42 Å². The lowest BCUT2D eigenvalue weighted by Gasteiger charge is -2.40. The summed E-state index contributed by atoms with van der Waals surface area (Å²) >= 11 is 0. The summed E-state index contributed by atoms with van der Waals surface area (Å²) in [6, 6.07) is 0. The van der Waals surface area contributed by atoms with E-state index < -0.39 is 51.8 Å². The second-order valence-electron chi connectivity index (χ2n) is 17.4. The highest BCUT2D eigenvalue weighted by Gasteiger charge is 2.47. The van der Waals surface area contributed by atoms with E-state index in [-0.39, 0.29) is 39.4 Å². The van der Waals surface area contributed by atoms with Crippen LogP contribution < -0.4 is 10.9 Å². The molecule has 1 N–H and O–H groups in total. The molecular weight excluding hydrogens is 639 g/mol. The maximum Gasteiger partial charge on any atom is 0.424 e. The molecule has 1 saturated heterocycles. The molecule has 1 amide bonds. The molecule has 2 aromatic heterocycles. The molecule has 15 heteroatoms. The van der Waals surface area contributed by atoms with Crippen molar-refractivity contribution in [2.45, 2.75) is 155 Å². The quantitative estimate of drug-likeness (QED) is 0.290. The van der Waals surface area contributed by atoms with Gasteiger partial charge in [-0.25, -0.2) is 14.6 Å². The first-order chi connectivity index (χ1) is 21.0. The third-order valence-electron chi connectivity index (χ3n) is 8.94. The van der Waals surface area contributed by atoms with Gasteiger partial charge in [0.1, 0.15) is 23.5 Å². The van der Waals surface area contributed by atoms with Crippen LogP contribution in [0.4, 0.5) is 15.5 Å². The normalized spacial score (nSPS) is 20.0. The molecule has 3 rings (SSSR count). The van der Waals surface area contributed by atoms with Crippen molar-refractivity contribution >= 4 is 45.9 Å². The predicted molar refractivity (Wildman–Crippen MR) is 187 cm³/mol. The van der Waals surface area contributed by atoms with Crippen LogP contribution in [0.1, 0.15) is 95.7 Å². The van der Waals surface area contributed by atoms with Crippen molar-refractivity contribution in [2.75, 3.05) is 11.9 Å². The van der Waals surface area contributed by atoms with Crippen LogP contribution in [0.2, 0.25) is 36.3 Å². The summed E-state index contributed by atoms with van der Waals surface area (Å²) in [5.74, 6) is -0.363. The Labute approximate surface area is 281 Å². The minimum absolute atomic E-state index is 0.0108. The summed E-state index contributed by atoms with van der Waals surface area (Å²) in [6.45, 7) is 32.4. The van der Waals surface area contributed by atoms with Gasteiger partial charge >= 0.3 is 12.2 Å². The number of rotatable bonds is 7. The number of carbonyl (C=O) groups is 2. The first kappa shape index (κ1) is 38.8. The Morgan fingerprint density at radius 1 is 0.915 bits per heavy atom. The number of nitrogens with zero attached hydrogens (tertiary/aromatic N) is 4. The Balaban J connectivity index is 2.10. The largest absolute Gasteiger partial charge is 0.444 e. The van der Waals surface area contributed by atoms with Gasteiger partial charge in [0.05, 0.1) is 19.0 Å². The van der Waals surface area contributed by atoms with Gasteiger partial charge in [0.25, 0.3) is 5.56 Å². The Morgan fingerprint density at radius 3 is 1.98 bits per heavy atom. The molecule has 0 aliphatic carbocycles. The minimum atomic E-state index is -2.22. The number of hydrogen-bond acceptors (Lipinski definition) is 10. The number of aromatic nitrogens is 4. The zero-order valence-electron chi connectivity index (χ0n) is 31.3. The van der Waals surface area contributed by atoms with Gasteiger partial charge < -0.3 is 23.1 Å². The average molecular weight is 696 g/mol. The molecule has 47 heavy (non-hydrogen) atoms. The van der Waals surface area contributed by atoms with E-state index in [0.717, 1.165) is 0 Å². The molecule has 0 spiro atoms. The molecule has 2 aromatic rings. The maximum atomic E-state index is 13.8. The van der Waals surface area contributed by atoms with Crippen molar-refractivity contribution in [3.8, 4) is 0 Å². The number of anilines is 1. The van der Waals surface area contributed by atoms with E-state index in [1.807, 2.05) is 0 Å². The highest BCUT2D eigenvalue weighted by Crippen LogP contribution is 2.43. The smallest absolute Gasteiger partial charge is 0.424 e. The molecule has 0 saturated carbocycles. The molecule has 0 bridgehead atoms. The summed E-state index contributed by atoms with van der Waals surface area (Å²) in [5.41, 5.74) is -2.53. The van der Waals surface area contributed by atoms with E-state index in [1.54, 1.807) is 46.1 Å². The Bertz CT molecular complexity index is 1520. The third-order valence-corrected chi connectivity index (χ3v) is 17.9. The van der Waals surface area contributed by atoms with Crippen LogP contribution in [0, 0.1) is 0 Å². The lowest BCUT2D eigenvalue weighted by molar-refractivity contribution is -0.0383. The average Bonchev–Trinajstić information content (AvgIpc) is 3.42. The maximum absolute atomic E-state index is 13.8. The number of fused-ring (bicyclic) bond motifs is 1. The molecule has 0 radical (unpaired) electrons. The van der Waals surface area contributed by atoms with E-state index in [4.69, 9.17) is 23.1 Å². The summed E-state index contributed by atoms with van der Waals surface area (Å²) in [7, 11) is -4.33. The topological polar surface area (TPSA) is 145 Å². The van der Waals surface area contributed by atoms with Crippen LogP contribution in [0.15, 0.2) is 11.1 Å². The Hall–Kier alpha value is -2.60. The molecule has 3 atom stereocenters. The molecular formula is C32H57N5O8Si2. The number of nitrogens with one attached hydrogen (secondary N) is 1. The highest BCUT2D eigenvalue weighted by atomic mass is 28.4. The van der Waals surface area contributed by atoms with E-state index in [2.05, 4.69) is 83.0 Å². The van der Waals surface area contributed by atoms with Crippen LogP contribution >= 0.6 is 0 Å². The zero-order valence-corrected chi connectivity index (χ0v) is 33.3. The summed E-state index contributed by atoms with van der Waals surface area (Å²) in [6.07, 6.45) is -1.28. The van der Waals surface area contributed by atoms with Gasteiger partial charge in [-0.15, -0.1) is 0 Å². The number of amides is 1. The van der Waals surface area contributed by atoms with Crippen LogP contribution in [0.25, 0.3) is 11.2 Å². The predicted octanol–water partition coefficient (Wildman–Crippen LogP) is 7.42. The van der Waals surface area contributed by atoms with Crippen molar-refractivity contribution < 1.29 is 32.7 Å². The number of imidazole rings is 1. The number of hydrogen-bond donors (Lipinski definition) is 1. The fourth-order valence-corrected chi connectivity index (χ4v) is 6.71. The number of carbonyl (C=O) groups excluding carboxylic acids is 2. The van der Waals surface area contributed by atoms with E-state index in [9.17, 15) is 14.4 Å². The van der Waals surface area contributed by atoms with Gasteiger partial charge in [-0.1, -0.05) is 41.5 Å². The standard InChI is InChI=1S/C32H57N5O8Si2/c1-29(2,3)43-27(39)35-26-34-24-23(25(38)37(26)28(40)44-30(4,5)6)33-19-36(24)22-17-20(45-47(15,16)32(10,11)12)21(42-22)18-41-46(13,14)31(7,8)9/h19-22H,17-18H2,1-16H3,(H,34,35,39)/t20?,21-,22-/m1/s1. The van der Waals surface area contributed by atoms with Gasteiger partial charge in [-0.2, -0.15) is 9.55 Å². The second kappa shape index (κ2) is 13.0. The molecule has 13 nitrogen and oxygen atoms in total. The first-order valence-electron chi connectivity index (χ1n) is 16.2. The SMILES string of the molecule is CC(C)(C)OC(=O)Nc1nc2c(ncn2[C@H]2CC(O[Si](C)(C)C(C)(C)C)[C@@H](CO[Si](C)(C)C(C)(C)C)O2)c(=O)n1C(=O)OC(C)(C)C. The van der Waals surface area contributed by atoms with Gasteiger partial charge in [-0.3, -0.25) is 14.7 Å². The molecule has 1 aliphatic rings. The van der Waals surface area contributed by atoms with Gasteiger partial charge in [-0.05, 0) is 77.8 Å². The molecule has 1 aliphatic heterocycles. The number of ether oxygens (including phenoxy) is 3. The van der Waals surface area contributed by atoms with E-state index >= 15 is 0 Å². The Kier molecular flexibility index (Phi) is 10.8. The molecule has 3 heterocycles. The second-order valence-corrected chi connectivity index (χ2v) is 26.9. The first-order valence-corrected chi connectivity index (χ1v) is 22.0. The van der Waals surface area contributed by atoms with Crippen molar-refractivity contribution in [3.63, 3.8) is 0 Å². The van der Waals surface area contributed by atoms with E-state index in [0.29, 0.717) is 17.6 Å². The zero-order chi connectivity index (χ0) is 36.1. The third kappa shape index (κ3) is 9.31. The van der Waals surface area contributed by atoms with Crippen molar-refractivity contribution in [2.24, 2.45) is 0 Å². The molecule has 1 unspecified atom stereocenters. The van der Waals surface area contributed by atoms with Crippen LogP contribution in [-0.4, -0.2) is 77.9 Å². The van der Waals surface area contributed by atoms with Crippen LogP contribution in [-0.2, 0) is 23.1 Å². The summed E-state index contributed by atoms with van der Waals surface area (Å²) in [4.78, 5) is 48.7. The van der Waals surface area contributed by atoms with Crippen molar-refractivity contribution in [1.29, 1.82) is 0 Å². The van der Waals surface area contributed by atoms with Crippen LogP contribution in [0.3, 0.4) is 0 Å². The van der Waals surface area contributed by atoms with Gasteiger partial charge in [0.15, 0.2) is 27.8 Å². The van der Waals surface area contributed by atoms with Crippen LogP contribution in [0.5, 0.6) is 0 Å². The Morgan fingerprint density at radius 2 is 1.47 bits per heavy atom. The fraction of sp³-hybridized carbons (Fsp3) is 0.781.